The highest BCUT2D eigenvalue weighted by Gasteiger charge is 2.34. The van der Waals surface area contributed by atoms with Gasteiger partial charge >= 0.3 is 0 Å². The Labute approximate surface area is 200 Å². The van der Waals surface area contributed by atoms with Gasteiger partial charge in [0, 0.05) is 23.9 Å². The molecule has 1 aromatic carbocycles. The van der Waals surface area contributed by atoms with Gasteiger partial charge in [-0.05, 0) is 37.5 Å². The van der Waals surface area contributed by atoms with Crippen molar-refractivity contribution in [2.45, 2.75) is 51.0 Å². The van der Waals surface area contributed by atoms with Crippen molar-refractivity contribution in [3.05, 3.63) is 39.8 Å². The van der Waals surface area contributed by atoms with Crippen molar-refractivity contribution in [2.24, 2.45) is 4.99 Å². The number of nitrogens with zero attached hydrogens (tertiary/aromatic N) is 2. The van der Waals surface area contributed by atoms with E-state index in [0.29, 0.717) is 0 Å². The number of thiazole rings is 1. The van der Waals surface area contributed by atoms with Gasteiger partial charge in [-0.25, -0.2) is 4.98 Å². The van der Waals surface area contributed by atoms with Crippen LogP contribution in [0.1, 0.15) is 48.2 Å². The molecule has 1 heterocycles. The van der Waals surface area contributed by atoms with Gasteiger partial charge < -0.3 is 20.1 Å². The van der Waals surface area contributed by atoms with E-state index in [1.807, 2.05) is 25.5 Å². The maximum Gasteiger partial charge on any atom is 0.191 e. The number of ether oxygens (including phenoxy) is 2. The third-order valence-corrected chi connectivity index (χ3v) is 6.82. The summed E-state index contributed by atoms with van der Waals surface area (Å²) in [7, 11) is 5.19. The van der Waals surface area contributed by atoms with Gasteiger partial charge in [-0.1, -0.05) is 25.3 Å². The molecule has 30 heavy (non-hydrogen) atoms. The number of hydrogen-bond donors (Lipinski definition) is 2. The third-order valence-electron chi connectivity index (χ3n) is 5.89. The number of aryl methyl sites for hydroxylation is 1. The monoisotopic (exact) mass is 544 g/mol. The smallest absolute Gasteiger partial charge is 0.191 e. The Kier molecular flexibility index (Phi) is 9.67. The normalized spacial score (nSPS) is 15.8. The van der Waals surface area contributed by atoms with E-state index in [4.69, 9.17) is 9.47 Å². The molecule has 166 valence electrons. The number of methoxy groups -OCH3 is 2. The van der Waals surface area contributed by atoms with Crippen molar-refractivity contribution < 1.29 is 9.47 Å². The summed E-state index contributed by atoms with van der Waals surface area (Å²) in [6.45, 7) is 3.61. The van der Waals surface area contributed by atoms with Gasteiger partial charge in [-0.2, -0.15) is 0 Å². The summed E-state index contributed by atoms with van der Waals surface area (Å²) >= 11 is 1.67. The number of benzene rings is 1. The van der Waals surface area contributed by atoms with E-state index in [1.165, 1.54) is 29.7 Å². The molecule has 8 heteroatoms. The molecule has 0 spiro atoms. The van der Waals surface area contributed by atoms with Gasteiger partial charge in [0.25, 0.3) is 0 Å². The Hall–Kier alpha value is -1.55. The summed E-state index contributed by atoms with van der Waals surface area (Å²) in [5.74, 6) is 2.38. The molecule has 2 aromatic rings. The molecule has 1 saturated carbocycles. The highest BCUT2D eigenvalue weighted by Crippen LogP contribution is 2.42. The molecule has 0 saturated heterocycles. The maximum atomic E-state index is 5.56. The lowest BCUT2D eigenvalue weighted by atomic mass is 9.69. The van der Waals surface area contributed by atoms with Gasteiger partial charge in [0.15, 0.2) is 17.5 Å². The summed E-state index contributed by atoms with van der Waals surface area (Å²) in [6, 6.07) is 6.35. The standard InChI is InChI=1S/C22H32N4O2S.HI/c1-16-20(29-15-26-16)13-24-21(23-2)25-14-22(10-6-5-7-11-22)17-8-9-18(27-3)19(12-17)28-4;/h8-9,12,15H,5-7,10-11,13-14H2,1-4H3,(H2,23,24,25);1H. The van der Waals surface area contributed by atoms with Crippen molar-refractivity contribution >= 4 is 41.3 Å². The molecule has 6 nitrogen and oxygen atoms in total. The molecule has 1 fully saturated rings. The van der Waals surface area contributed by atoms with E-state index in [1.54, 1.807) is 25.6 Å². The fourth-order valence-corrected chi connectivity index (χ4v) is 4.81. The van der Waals surface area contributed by atoms with Crippen molar-refractivity contribution in [3.63, 3.8) is 0 Å². The highest BCUT2D eigenvalue weighted by atomic mass is 127. The van der Waals surface area contributed by atoms with E-state index in [2.05, 4.69) is 32.7 Å². The average molecular weight is 545 g/mol. The van der Waals surface area contributed by atoms with E-state index in [9.17, 15) is 0 Å². The Balaban J connectivity index is 0.00000320. The second-order valence-electron chi connectivity index (χ2n) is 7.55. The van der Waals surface area contributed by atoms with E-state index in [-0.39, 0.29) is 29.4 Å². The minimum atomic E-state index is 0. The SMILES string of the molecule is CN=C(NCc1scnc1C)NCC1(c2ccc(OC)c(OC)c2)CCCCC1.I. The first-order chi connectivity index (χ1) is 14.1. The second-order valence-corrected chi connectivity index (χ2v) is 8.49. The van der Waals surface area contributed by atoms with Gasteiger partial charge in [0.05, 0.1) is 32.0 Å². The fraction of sp³-hybridized carbons (Fsp3) is 0.545. The van der Waals surface area contributed by atoms with Crippen LogP contribution in [0.2, 0.25) is 0 Å². The second kappa shape index (κ2) is 11.7. The van der Waals surface area contributed by atoms with Crippen LogP contribution in [0.15, 0.2) is 28.7 Å². The lowest BCUT2D eigenvalue weighted by molar-refractivity contribution is 0.288. The molecule has 0 radical (unpaired) electrons. The number of hydrogen-bond acceptors (Lipinski definition) is 5. The highest BCUT2D eigenvalue weighted by molar-refractivity contribution is 14.0. The van der Waals surface area contributed by atoms with E-state index >= 15 is 0 Å². The van der Waals surface area contributed by atoms with E-state index < -0.39 is 0 Å². The zero-order valence-electron chi connectivity index (χ0n) is 18.3. The van der Waals surface area contributed by atoms with Crippen LogP contribution in [0, 0.1) is 6.92 Å². The minimum absolute atomic E-state index is 0. The number of guanidine groups is 1. The van der Waals surface area contributed by atoms with Crippen LogP contribution in [0.4, 0.5) is 0 Å². The Morgan fingerprint density at radius 2 is 1.87 bits per heavy atom. The number of halogens is 1. The zero-order chi connectivity index (χ0) is 20.7. The molecule has 0 amide bonds. The summed E-state index contributed by atoms with van der Waals surface area (Å²) in [5.41, 5.74) is 4.33. The molecule has 3 rings (SSSR count). The predicted molar refractivity (Wildman–Crippen MR) is 135 cm³/mol. The molecule has 1 aromatic heterocycles. The van der Waals surface area contributed by atoms with Crippen LogP contribution < -0.4 is 20.1 Å². The van der Waals surface area contributed by atoms with Gasteiger partial charge in [0.2, 0.25) is 0 Å². The van der Waals surface area contributed by atoms with Crippen LogP contribution in [-0.2, 0) is 12.0 Å². The number of aliphatic imine (C=N–C) groups is 1. The summed E-state index contributed by atoms with van der Waals surface area (Å²) < 4.78 is 11.0. The van der Waals surface area contributed by atoms with Gasteiger partial charge in [-0.15, -0.1) is 35.3 Å². The van der Waals surface area contributed by atoms with Crippen LogP contribution >= 0.6 is 35.3 Å². The lowest BCUT2D eigenvalue weighted by Gasteiger charge is -2.38. The Morgan fingerprint density at radius 3 is 2.47 bits per heavy atom. The van der Waals surface area contributed by atoms with Crippen molar-refractivity contribution in [1.82, 2.24) is 15.6 Å². The lowest BCUT2D eigenvalue weighted by Crippen LogP contribution is -2.46. The minimum Gasteiger partial charge on any atom is -0.493 e. The van der Waals surface area contributed by atoms with Crippen LogP contribution in [0.3, 0.4) is 0 Å². The van der Waals surface area contributed by atoms with Crippen molar-refractivity contribution in [2.75, 3.05) is 27.8 Å². The molecule has 0 atom stereocenters. The summed E-state index contributed by atoms with van der Waals surface area (Å²) in [6.07, 6.45) is 6.08. The maximum absolute atomic E-state index is 5.56. The fourth-order valence-electron chi connectivity index (χ4n) is 4.10. The molecule has 0 unspecified atom stereocenters. The first-order valence-corrected chi connectivity index (χ1v) is 11.1. The van der Waals surface area contributed by atoms with Crippen molar-refractivity contribution in [1.29, 1.82) is 0 Å². The molecule has 0 aliphatic heterocycles. The van der Waals surface area contributed by atoms with Crippen LogP contribution in [-0.4, -0.2) is 38.8 Å². The third kappa shape index (κ3) is 5.78. The topological polar surface area (TPSA) is 67.8 Å². The van der Waals surface area contributed by atoms with Gasteiger partial charge in [0.1, 0.15) is 0 Å². The first kappa shape index (κ1) is 24.7. The predicted octanol–water partition coefficient (Wildman–Crippen LogP) is 4.65. The Morgan fingerprint density at radius 1 is 1.13 bits per heavy atom. The summed E-state index contributed by atoms with van der Waals surface area (Å²) in [4.78, 5) is 9.97. The molecular weight excluding hydrogens is 511 g/mol. The Bertz CT molecular complexity index is 834. The zero-order valence-corrected chi connectivity index (χ0v) is 21.4. The molecule has 2 N–H and O–H groups in total. The molecular formula is C22H33IN4O2S. The van der Waals surface area contributed by atoms with Crippen LogP contribution in [0.5, 0.6) is 11.5 Å². The van der Waals surface area contributed by atoms with E-state index in [0.717, 1.165) is 49.1 Å². The number of nitrogens with one attached hydrogen (secondary N) is 2. The average Bonchev–Trinajstić information content (AvgIpc) is 3.18. The quantitative estimate of drug-likeness (QED) is 0.302. The van der Waals surface area contributed by atoms with Crippen molar-refractivity contribution in [3.8, 4) is 11.5 Å². The molecule has 0 bridgehead atoms. The van der Waals surface area contributed by atoms with Crippen LogP contribution in [0.25, 0.3) is 0 Å². The molecule has 1 aliphatic carbocycles. The number of aromatic nitrogens is 1. The first-order valence-electron chi connectivity index (χ1n) is 10.2. The van der Waals surface area contributed by atoms with Gasteiger partial charge in [-0.3, -0.25) is 4.99 Å². The summed E-state index contributed by atoms with van der Waals surface area (Å²) in [5, 5.41) is 7.00. The largest absolute Gasteiger partial charge is 0.493 e. The molecule has 1 aliphatic rings. The number of rotatable bonds is 7.